The Morgan fingerprint density at radius 1 is 1.42 bits per heavy atom. The molecule has 3 N–H and O–H groups in total. The highest BCUT2D eigenvalue weighted by Crippen LogP contribution is 2.24. The molecule has 1 rings (SSSR count). The fourth-order valence-corrected chi connectivity index (χ4v) is 1.82. The zero-order valence-corrected chi connectivity index (χ0v) is 11.4. The van der Waals surface area contributed by atoms with Crippen molar-refractivity contribution in [3.05, 3.63) is 29.6 Å². The summed E-state index contributed by atoms with van der Waals surface area (Å²) < 4.78 is 13.6. The van der Waals surface area contributed by atoms with Gasteiger partial charge in [-0.25, -0.2) is 4.39 Å². The molecule has 1 atom stereocenters. The van der Waals surface area contributed by atoms with Gasteiger partial charge in [0.1, 0.15) is 17.1 Å². The summed E-state index contributed by atoms with van der Waals surface area (Å²) in [6.45, 7) is 5.66. The third-order valence-corrected chi connectivity index (χ3v) is 2.99. The first-order valence-electron chi connectivity index (χ1n) is 6.16. The molecule has 0 heterocycles. The minimum atomic E-state index is -0.769. The second kappa shape index (κ2) is 6.02. The fourth-order valence-electron chi connectivity index (χ4n) is 1.82. The molecule has 0 radical (unpaired) electrons. The van der Waals surface area contributed by atoms with E-state index in [1.54, 1.807) is 0 Å². The van der Waals surface area contributed by atoms with E-state index in [-0.39, 0.29) is 23.6 Å². The Kier molecular flexibility index (Phi) is 4.89. The predicted molar refractivity (Wildman–Crippen MR) is 70.5 cm³/mol. The number of phenols is 1. The molecule has 5 heteroatoms. The predicted octanol–water partition coefficient (Wildman–Crippen LogP) is 2.06. The van der Waals surface area contributed by atoms with Gasteiger partial charge in [0.25, 0.3) is 5.91 Å². The smallest absolute Gasteiger partial charge is 0.258 e. The number of carbonyl (C=O) groups is 1. The van der Waals surface area contributed by atoms with Crippen LogP contribution in [0.1, 0.15) is 37.6 Å². The van der Waals surface area contributed by atoms with E-state index in [2.05, 4.69) is 5.32 Å². The number of aromatic hydroxyl groups is 1. The lowest BCUT2D eigenvalue weighted by atomic mass is 9.84. The summed E-state index contributed by atoms with van der Waals surface area (Å²) in [6.07, 6.45) is 0.366. The first-order valence-corrected chi connectivity index (χ1v) is 6.16. The Bertz CT molecular complexity index is 434. The van der Waals surface area contributed by atoms with Crippen molar-refractivity contribution in [1.82, 2.24) is 5.32 Å². The Morgan fingerprint density at radius 3 is 2.53 bits per heavy atom. The Hall–Kier alpha value is -1.62. The second-order valence-corrected chi connectivity index (χ2v) is 5.54. The van der Waals surface area contributed by atoms with Gasteiger partial charge in [-0.3, -0.25) is 4.79 Å². The quantitative estimate of drug-likeness (QED) is 0.783. The van der Waals surface area contributed by atoms with E-state index in [4.69, 9.17) is 5.11 Å². The molecule has 19 heavy (non-hydrogen) atoms. The van der Waals surface area contributed by atoms with Crippen molar-refractivity contribution in [3.63, 3.8) is 0 Å². The average molecular weight is 269 g/mol. The topological polar surface area (TPSA) is 69.6 Å². The Balaban J connectivity index is 2.95. The maximum Gasteiger partial charge on any atom is 0.258 e. The number of halogens is 1. The van der Waals surface area contributed by atoms with E-state index in [1.165, 1.54) is 12.1 Å². The molecule has 0 spiro atoms. The zero-order chi connectivity index (χ0) is 14.6. The van der Waals surface area contributed by atoms with E-state index in [0.29, 0.717) is 6.42 Å². The first-order chi connectivity index (χ1) is 8.77. The molecule has 0 saturated carbocycles. The van der Waals surface area contributed by atoms with Gasteiger partial charge in [-0.1, -0.05) is 26.8 Å². The summed E-state index contributed by atoms with van der Waals surface area (Å²) in [7, 11) is 0. The van der Waals surface area contributed by atoms with E-state index in [1.807, 2.05) is 20.8 Å². The van der Waals surface area contributed by atoms with Gasteiger partial charge < -0.3 is 15.5 Å². The molecule has 1 amide bonds. The Labute approximate surface area is 112 Å². The summed E-state index contributed by atoms with van der Waals surface area (Å²) in [4.78, 5) is 12.0. The normalized spacial score (nSPS) is 13.1. The van der Waals surface area contributed by atoms with Crippen LogP contribution in [0.2, 0.25) is 0 Å². The molecule has 106 valence electrons. The van der Waals surface area contributed by atoms with Crippen LogP contribution in [-0.4, -0.2) is 28.8 Å². The van der Waals surface area contributed by atoms with Gasteiger partial charge in [0.2, 0.25) is 0 Å². The molecule has 0 aromatic heterocycles. The molecular formula is C14H20FNO3. The number of hydrogen-bond acceptors (Lipinski definition) is 3. The number of rotatable bonds is 4. The van der Waals surface area contributed by atoms with Crippen LogP contribution in [0.5, 0.6) is 5.75 Å². The summed E-state index contributed by atoms with van der Waals surface area (Å²) in [5.74, 6) is -1.84. The number of nitrogens with one attached hydrogen (secondary N) is 1. The number of aliphatic hydroxyl groups excluding tert-OH is 1. The van der Waals surface area contributed by atoms with Gasteiger partial charge in [-0.05, 0) is 24.0 Å². The molecule has 0 fully saturated rings. The number of carbonyl (C=O) groups excluding carboxylic acids is 1. The molecule has 4 nitrogen and oxygen atoms in total. The van der Waals surface area contributed by atoms with Crippen molar-refractivity contribution >= 4 is 5.91 Å². The van der Waals surface area contributed by atoms with Gasteiger partial charge >= 0.3 is 0 Å². The van der Waals surface area contributed by atoms with Crippen molar-refractivity contribution in [2.24, 2.45) is 5.41 Å². The highest BCUT2D eigenvalue weighted by atomic mass is 19.1. The molecule has 1 aromatic carbocycles. The van der Waals surface area contributed by atoms with Crippen LogP contribution in [0.25, 0.3) is 0 Å². The molecule has 0 aliphatic heterocycles. The maximum absolute atomic E-state index is 13.6. The molecular weight excluding hydrogens is 249 g/mol. The molecule has 0 bridgehead atoms. The van der Waals surface area contributed by atoms with Crippen molar-refractivity contribution in [2.45, 2.75) is 33.2 Å². The van der Waals surface area contributed by atoms with Gasteiger partial charge in [-0.2, -0.15) is 0 Å². The molecule has 1 aromatic rings. The summed E-state index contributed by atoms with van der Waals surface area (Å²) in [5, 5.41) is 21.2. The summed E-state index contributed by atoms with van der Waals surface area (Å²) in [6, 6.07) is 3.39. The van der Waals surface area contributed by atoms with Crippen molar-refractivity contribution in [3.8, 4) is 5.75 Å². The van der Waals surface area contributed by atoms with Crippen LogP contribution in [0, 0.1) is 11.2 Å². The van der Waals surface area contributed by atoms with Crippen LogP contribution < -0.4 is 5.32 Å². The number of hydrogen-bond donors (Lipinski definition) is 3. The van der Waals surface area contributed by atoms with Gasteiger partial charge in [0.05, 0.1) is 0 Å². The minimum Gasteiger partial charge on any atom is -0.507 e. The SMILES string of the molecule is CC(C)(C)C(CCO)NC(=O)c1c(O)cccc1F. The van der Waals surface area contributed by atoms with Crippen molar-refractivity contribution < 1.29 is 19.4 Å². The van der Waals surface area contributed by atoms with Crippen LogP contribution in [0.4, 0.5) is 4.39 Å². The van der Waals surface area contributed by atoms with Crippen molar-refractivity contribution in [2.75, 3.05) is 6.61 Å². The molecule has 0 aliphatic rings. The van der Waals surface area contributed by atoms with E-state index in [0.717, 1.165) is 6.07 Å². The maximum atomic E-state index is 13.6. The molecule has 1 unspecified atom stereocenters. The molecule has 0 saturated heterocycles. The van der Waals surface area contributed by atoms with Gasteiger partial charge in [0, 0.05) is 12.6 Å². The van der Waals surface area contributed by atoms with Gasteiger partial charge in [0.15, 0.2) is 0 Å². The second-order valence-electron chi connectivity index (χ2n) is 5.54. The van der Waals surface area contributed by atoms with E-state index >= 15 is 0 Å². The summed E-state index contributed by atoms with van der Waals surface area (Å²) >= 11 is 0. The largest absolute Gasteiger partial charge is 0.507 e. The minimum absolute atomic E-state index is 0.0779. The lowest BCUT2D eigenvalue weighted by molar-refractivity contribution is 0.0878. The monoisotopic (exact) mass is 269 g/mol. The highest BCUT2D eigenvalue weighted by molar-refractivity contribution is 5.97. The van der Waals surface area contributed by atoms with E-state index < -0.39 is 17.5 Å². The van der Waals surface area contributed by atoms with Crippen molar-refractivity contribution in [1.29, 1.82) is 0 Å². The number of benzene rings is 1. The number of aliphatic hydroxyl groups is 1. The van der Waals surface area contributed by atoms with Crippen LogP contribution in [0.15, 0.2) is 18.2 Å². The summed E-state index contributed by atoms with van der Waals surface area (Å²) in [5.41, 5.74) is -0.645. The number of phenolic OH excluding ortho intramolecular Hbond substituents is 1. The standard InChI is InChI=1S/C14H20FNO3/c1-14(2,3)11(7-8-17)16-13(19)12-9(15)5-4-6-10(12)18/h4-6,11,17-18H,7-8H2,1-3H3,(H,16,19). The average Bonchev–Trinajstić information content (AvgIpc) is 2.27. The zero-order valence-electron chi connectivity index (χ0n) is 11.4. The third-order valence-electron chi connectivity index (χ3n) is 2.99. The molecule has 0 aliphatic carbocycles. The van der Waals surface area contributed by atoms with Crippen LogP contribution >= 0.6 is 0 Å². The van der Waals surface area contributed by atoms with E-state index in [9.17, 15) is 14.3 Å². The number of amides is 1. The third kappa shape index (κ3) is 3.92. The van der Waals surface area contributed by atoms with Crippen LogP contribution in [0.3, 0.4) is 0 Å². The lowest BCUT2D eigenvalue weighted by Gasteiger charge is -2.31. The fraction of sp³-hybridized carbons (Fsp3) is 0.500. The first kappa shape index (κ1) is 15.4. The highest BCUT2D eigenvalue weighted by Gasteiger charge is 2.27. The van der Waals surface area contributed by atoms with Gasteiger partial charge in [-0.15, -0.1) is 0 Å². The lowest BCUT2D eigenvalue weighted by Crippen LogP contribution is -2.44. The van der Waals surface area contributed by atoms with Crippen LogP contribution in [-0.2, 0) is 0 Å². The Morgan fingerprint density at radius 2 is 2.05 bits per heavy atom.